The number of nitrogens with one attached hydrogen (secondary N) is 2. The zero-order valence-corrected chi connectivity index (χ0v) is 7.64. The summed E-state index contributed by atoms with van der Waals surface area (Å²) in [6, 6.07) is 5.23. The van der Waals surface area contributed by atoms with Crippen LogP contribution in [0.15, 0.2) is 35.4 Å². The van der Waals surface area contributed by atoms with Crippen molar-refractivity contribution in [3.05, 3.63) is 40.9 Å². The summed E-state index contributed by atoms with van der Waals surface area (Å²) in [5.41, 5.74) is 1.04. The molecule has 6 heteroatoms. The van der Waals surface area contributed by atoms with E-state index >= 15 is 0 Å². The Morgan fingerprint density at radius 1 is 1.33 bits per heavy atom. The average Bonchev–Trinajstić information content (AvgIpc) is 2.88. The van der Waals surface area contributed by atoms with Crippen LogP contribution in [0.5, 0.6) is 0 Å². The Morgan fingerprint density at radius 2 is 2.27 bits per heavy atom. The molecule has 6 nitrogen and oxygen atoms in total. The second-order valence-electron chi connectivity index (χ2n) is 3.11. The van der Waals surface area contributed by atoms with Crippen LogP contribution in [0.3, 0.4) is 0 Å². The lowest BCUT2D eigenvalue weighted by molar-refractivity contribution is 0.890. The maximum Gasteiger partial charge on any atom is 0.275 e. The fraction of sp³-hybridized carbons (Fsp3) is 0. The molecule has 0 spiro atoms. The number of fused-ring (bicyclic) bond motifs is 1. The molecule has 3 aromatic heterocycles. The number of H-pyrrole nitrogens is 2. The van der Waals surface area contributed by atoms with Crippen molar-refractivity contribution >= 4 is 5.52 Å². The highest BCUT2D eigenvalue weighted by Gasteiger charge is 2.05. The third kappa shape index (κ3) is 1.15. The Labute approximate surface area is 83.6 Å². The third-order valence-corrected chi connectivity index (χ3v) is 2.16. The van der Waals surface area contributed by atoms with Gasteiger partial charge in [0.05, 0.1) is 0 Å². The van der Waals surface area contributed by atoms with Crippen molar-refractivity contribution in [2.45, 2.75) is 0 Å². The van der Waals surface area contributed by atoms with Crippen LogP contribution in [0, 0.1) is 0 Å². The lowest BCUT2D eigenvalue weighted by Crippen LogP contribution is -2.13. The molecule has 0 bridgehead atoms. The molecule has 3 aromatic rings. The summed E-state index contributed by atoms with van der Waals surface area (Å²) in [5, 5.41) is 10.8. The minimum Gasteiger partial charge on any atom is -0.302 e. The number of rotatable bonds is 1. The molecule has 0 atom stereocenters. The summed E-state index contributed by atoms with van der Waals surface area (Å²) < 4.78 is 1.54. The summed E-state index contributed by atoms with van der Waals surface area (Å²) in [7, 11) is 0. The number of aromatic amines is 2. The monoisotopic (exact) mass is 201 g/mol. The van der Waals surface area contributed by atoms with Gasteiger partial charge in [0.2, 0.25) is 0 Å². The van der Waals surface area contributed by atoms with E-state index < -0.39 is 0 Å². The van der Waals surface area contributed by atoms with Gasteiger partial charge in [0, 0.05) is 12.4 Å². The number of nitrogens with zero attached hydrogens (tertiary/aromatic N) is 3. The van der Waals surface area contributed by atoms with Gasteiger partial charge in [-0.1, -0.05) is 0 Å². The standard InChI is InChI=1S/C9H7N5O/c15-9-7-2-1-5-14(7)13-8(11-9)6-3-4-10-12-6/h1-5H,(H,10,12)(H,11,13,15). The van der Waals surface area contributed by atoms with E-state index in [1.165, 1.54) is 4.52 Å². The summed E-state index contributed by atoms with van der Waals surface area (Å²) in [6.07, 6.45) is 3.33. The van der Waals surface area contributed by atoms with Gasteiger partial charge in [0.15, 0.2) is 5.82 Å². The molecule has 0 saturated carbocycles. The van der Waals surface area contributed by atoms with E-state index in [2.05, 4.69) is 20.3 Å². The minimum atomic E-state index is -0.167. The van der Waals surface area contributed by atoms with Crippen molar-refractivity contribution in [1.29, 1.82) is 0 Å². The van der Waals surface area contributed by atoms with Gasteiger partial charge in [-0.15, -0.1) is 5.10 Å². The first-order chi connectivity index (χ1) is 7.34. The SMILES string of the molecule is O=c1[nH]c(-c2ccn[nH]2)nn2cccc12. The van der Waals surface area contributed by atoms with Crippen LogP contribution in [0.2, 0.25) is 0 Å². The molecule has 3 rings (SSSR count). The van der Waals surface area contributed by atoms with Gasteiger partial charge in [0.1, 0.15) is 11.2 Å². The summed E-state index contributed by atoms with van der Waals surface area (Å²) in [5.74, 6) is 0.473. The van der Waals surface area contributed by atoms with Crippen molar-refractivity contribution in [2.75, 3.05) is 0 Å². The molecule has 0 saturated heterocycles. The molecule has 0 aliphatic carbocycles. The summed E-state index contributed by atoms with van der Waals surface area (Å²) >= 11 is 0. The van der Waals surface area contributed by atoms with E-state index in [9.17, 15) is 4.79 Å². The van der Waals surface area contributed by atoms with Gasteiger partial charge >= 0.3 is 0 Å². The average molecular weight is 201 g/mol. The van der Waals surface area contributed by atoms with E-state index in [-0.39, 0.29) is 5.56 Å². The van der Waals surface area contributed by atoms with E-state index in [1.54, 1.807) is 30.6 Å². The Balaban J connectivity index is 2.34. The smallest absolute Gasteiger partial charge is 0.275 e. The summed E-state index contributed by atoms with van der Waals surface area (Å²) in [4.78, 5) is 14.3. The number of hydrogen-bond acceptors (Lipinski definition) is 3. The van der Waals surface area contributed by atoms with Gasteiger partial charge in [-0.2, -0.15) is 5.10 Å². The predicted octanol–water partition coefficient (Wildman–Crippen LogP) is 0.413. The first-order valence-corrected chi connectivity index (χ1v) is 4.42. The first kappa shape index (κ1) is 7.98. The molecule has 0 aliphatic heterocycles. The molecule has 15 heavy (non-hydrogen) atoms. The Bertz CT molecular complexity index is 649. The zero-order valence-electron chi connectivity index (χ0n) is 7.64. The van der Waals surface area contributed by atoms with E-state index in [1.807, 2.05) is 0 Å². The zero-order chi connectivity index (χ0) is 10.3. The van der Waals surface area contributed by atoms with Crippen molar-refractivity contribution in [3.8, 4) is 11.5 Å². The second-order valence-corrected chi connectivity index (χ2v) is 3.11. The molecular weight excluding hydrogens is 194 g/mol. The lowest BCUT2D eigenvalue weighted by atomic mass is 10.4. The van der Waals surface area contributed by atoms with Gasteiger partial charge in [-0.05, 0) is 18.2 Å². The quantitative estimate of drug-likeness (QED) is 0.598. The van der Waals surface area contributed by atoms with E-state index in [0.29, 0.717) is 17.0 Å². The molecule has 3 heterocycles. The van der Waals surface area contributed by atoms with Crippen molar-refractivity contribution in [2.24, 2.45) is 0 Å². The fourth-order valence-electron chi connectivity index (χ4n) is 1.45. The first-order valence-electron chi connectivity index (χ1n) is 4.42. The molecule has 0 radical (unpaired) electrons. The highest BCUT2D eigenvalue weighted by atomic mass is 16.1. The summed E-state index contributed by atoms with van der Waals surface area (Å²) in [6.45, 7) is 0. The Hall–Kier alpha value is -2.37. The largest absolute Gasteiger partial charge is 0.302 e. The van der Waals surface area contributed by atoms with Gasteiger partial charge in [0.25, 0.3) is 5.56 Å². The van der Waals surface area contributed by atoms with Gasteiger partial charge in [-0.3, -0.25) is 9.89 Å². The maximum atomic E-state index is 11.6. The minimum absolute atomic E-state index is 0.167. The van der Waals surface area contributed by atoms with E-state index in [0.717, 1.165) is 0 Å². The van der Waals surface area contributed by atoms with Crippen LogP contribution in [0.25, 0.3) is 17.0 Å². The number of hydrogen-bond donors (Lipinski definition) is 2. The number of aromatic nitrogens is 5. The second kappa shape index (κ2) is 2.81. The third-order valence-electron chi connectivity index (χ3n) is 2.16. The van der Waals surface area contributed by atoms with Gasteiger partial charge < -0.3 is 4.98 Å². The Morgan fingerprint density at radius 3 is 3.07 bits per heavy atom. The van der Waals surface area contributed by atoms with Crippen LogP contribution in [-0.4, -0.2) is 24.8 Å². The van der Waals surface area contributed by atoms with E-state index in [4.69, 9.17) is 0 Å². The van der Waals surface area contributed by atoms with Crippen molar-refractivity contribution < 1.29 is 0 Å². The van der Waals surface area contributed by atoms with Gasteiger partial charge in [-0.25, -0.2) is 4.52 Å². The van der Waals surface area contributed by atoms with Crippen LogP contribution in [-0.2, 0) is 0 Å². The van der Waals surface area contributed by atoms with Crippen molar-refractivity contribution in [1.82, 2.24) is 24.8 Å². The normalized spacial score (nSPS) is 10.9. The molecular formula is C9H7N5O. The molecule has 0 amide bonds. The molecule has 0 aliphatic rings. The molecule has 0 aromatic carbocycles. The van der Waals surface area contributed by atoms with Crippen LogP contribution < -0.4 is 5.56 Å². The highest BCUT2D eigenvalue weighted by molar-refractivity contribution is 5.51. The maximum absolute atomic E-state index is 11.6. The topological polar surface area (TPSA) is 78.8 Å². The predicted molar refractivity (Wildman–Crippen MR) is 53.4 cm³/mol. The van der Waals surface area contributed by atoms with Crippen LogP contribution >= 0.6 is 0 Å². The highest BCUT2D eigenvalue weighted by Crippen LogP contribution is 2.08. The molecule has 0 fully saturated rings. The van der Waals surface area contributed by atoms with Crippen molar-refractivity contribution in [3.63, 3.8) is 0 Å². The molecule has 0 unspecified atom stereocenters. The fourth-order valence-corrected chi connectivity index (χ4v) is 1.45. The lowest BCUT2D eigenvalue weighted by Gasteiger charge is -1.98. The van der Waals surface area contributed by atoms with Crippen LogP contribution in [0.4, 0.5) is 0 Å². The Kier molecular flexibility index (Phi) is 1.49. The molecule has 74 valence electrons. The van der Waals surface area contributed by atoms with Crippen LogP contribution in [0.1, 0.15) is 0 Å². The molecule has 2 N–H and O–H groups in total.